The largest absolute Gasteiger partial charge is 0.496 e. The second kappa shape index (κ2) is 10.1. The Kier molecular flexibility index (Phi) is 7.25. The summed E-state index contributed by atoms with van der Waals surface area (Å²) in [6, 6.07) is 19.1. The number of anilines is 1. The summed E-state index contributed by atoms with van der Waals surface area (Å²) in [5.41, 5.74) is 3.38. The molecule has 0 aliphatic heterocycles. The zero-order chi connectivity index (χ0) is 21.5. The van der Waals surface area contributed by atoms with Gasteiger partial charge in [0.2, 0.25) is 0 Å². The van der Waals surface area contributed by atoms with Crippen LogP contribution in [0.1, 0.15) is 21.5 Å². The summed E-state index contributed by atoms with van der Waals surface area (Å²) in [6.45, 7) is 2.07. The Bertz CT molecular complexity index is 1020. The van der Waals surface area contributed by atoms with E-state index < -0.39 is 0 Å². The summed E-state index contributed by atoms with van der Waals surface area (Å²) in [5.74, 6) is 2.42. The van der Waals surface area contributed by atoms with Crippen LogP contribution in [0.4, 0.5) is 5.69 Å². The second-order valence-corrected chi connectivity index (χ2v) is 7.70. The highest BCUT2D eigenvalue weighted by molar-refractivity contribution is 7.98. The molecule has 6 heteroatoms. The number of rotatable bonds is 8. The second-order valence-electron chi connectivity index (χ2n) is 6.65. The molecule has 1 N–H and O–H groups in total. The highest BCUT2D eigenvalue weighted by Crippen LogP contribution is 2.31. The molecule has 0 aliphatic carbocycles. The van der Waals surface area contributed by atoms with E-state index in [1.807, 2.05) is 12.1 Å². The van der Waals surface area contributed by atoms with Gasteiger partial charge in [-0.1, -0.05) is 17.7 Å². The standard InChI is InChI=1S/C24H25NO4S/c1-16-5-9-20(10-6-16)30-15-18-13-17(7-11-21(18)27-2)24(26)25-19-8-12-22(28-3)23(14-19)29-4/h5-14H,15H2,1-4H3,(H,25,26). The highest BCUT2D eigenvalue weighted by Gasteiger charge is 2.13. The van der Waals surface area contributed by atoms with Crippen LogP contribution in [0, 0.1) is 6.92 Å². The lowest BCUT2D eigenvalue weighted by atomic mass is 10.1. The third-order valence-electron chi connectivity index (χ3n) is 4.60. The molecule has 30 heavy (non-hydrogen) atoms. The third kappa shape index (κ3) is 5.27. The molecule has 0 radical (unpaired) electrons. The minimum Gasteiger partial charge on any atom is -0.496 e. The van der Waals surface area contributed by atoms with Crippen molar-refractivity contribution in [1.29, 1.82) is 0 Å². The van der Waals surface area contributed by atoms with E-state index in [2.05, 4.69) is 36.5 Å². The molecule has 0 unspecified atom stereocenters. The van der Waals surface area contributed by atoms with Gasteiger partial charge >= 0.3 is 0 Å². The molecule has 1 amide bonds. The van der Waals surface area contributed by atoms with Crippen molar-refractivity contribution in [3.8, 4) is 17.2 Å². The average molecular weight is 424 g/mol. The van der Waals surface area contributed by atoms with Crippen LogP contribution in [0.2, 0.25) is 0 Å². The van der Waals surface area contributed by atoms with E-state index in [-0.39, 0.29) is 5.91 Å². The van der Waals surface area contributed by atoms with Crippen molar-refractivity contribution >= 4 is 23.4 Å². The zero-order valence-electron chi connectivity index (χ0n) is 17.5. The van der Waals surface area contributed by atoms with E-state index in [1.165, 1.54) is 10.5 Å². The molecule has 0 heterocycles. The number of amides is 1. The lowest BCUT2D eigenvalue weighted by molar-refractivity contribution is 0.102. The van der Waals surface area contributed by atoms with Crippen molar-refractivity contribution in [2.75, 3.05) is 26.6 Å². The van der Waals surface area contributed by atoms with Gasteiger partial charge in [-0.2, -0.15) is 0 Å². The molecule has 5 nitrogen and oxygen atoms in total. The van der Waals surface area contributed by atoms with Crippen molar-refractivity contribution in [3.63, 3.8) is 0 Å². The third-order valence-corrected chi connectivity index (χ3v) is 5.66. The summed E-state index contributed by atoms with van der Waals surface area (Å²) >= 11 is 1.70. The molecule has 3 aromatic carbocycles. The van der Waals surface area contributed by atoms with E-state index >= 15 is 0 Å². The van der Waals surface area contributed by atoms with Crippen molar-refractivity contribution in [2.24, 2.45) is 0 Å². The first-order valence-corrected chi connectivity index (χ1v) is 10.4. The van der Waals surface area contributed by atoms with Gasteiger partial charge in [0.15, 0.2) is 11.5 Å². The number of benzene rings is 3. The molecule has 0 fully saturated rings. The molecule has 0 saturated heterocycles. The quantitative estimate of drug-likeness (QED) is 0.480. The molecule has 0 aliphatic rings. The van der Waals surface area contributed by atoms with Crippen molar-refractivity contribution in [2.45, 2.75) is 17.6 Å². The van der Waals surface area contributed by atoms with E-state index in [1.54, 1.807) is 57.4 Å². The topological polar surface area (TPSA) is 56.8 Å². The predicted octanol–water partition coefficient (Wildman–Crippen LogP) is 5.57. The van der Waals surface area contributed by atoms with Gasteiger partial charge in [-0.15, -0.1) is 11.8 Å². The monoisotopic (exact) mass is 423 g/mol. The van der Waals surface area contributed by atoms with Gasteiger partial charge in [-0.25, -0.2) is 0 Å². The van der Waals surface area contributed by atoms with E-state index in [9.17, 15) is 4.79 Å². The Morgan fingerprint density at radius 2 is 1.50 bits per heavy atom. The minimum absolute atomic E-state index is 0.202. The summed E-state index contributed by atoms with van der Waals surface area (Å²) < 4.78 is 16.0. The predicted molar refractivity (Wildman–Crippen MR) is 121 cm³/mol. The van der Waals surface area contributed by atoms with Crippen LogP contribution in [-0.4, -0.2) is 27.2 Å². The molecule has 0 bridgehead atoms. The number of methoxy groups -OCH3 is 3. The maximum atomic E-state index is 12.8. The first-order valence-electron chi connectivity index (χ1n) is 9.44. The number of nitrogens with one attached hydrogen (secondary N) is 1. The number of hydrogen-bond donors (Lipinski definition) is 1. The molecule has 0 atom stereocenters. The number of ether oxygens (including phenoxy) is 3. The van der Waals surface area contributed by atoms with Crippen LogP contribution in [0.15, 0.2) is 65.6 Å². The number of hydrogen-bond acceptors (Lipinski definition) is 5. The molecular weight excluding hydrogens is 398 g/mol. The summed E-state index contributed by atoms with van der Waals surface area (Å²) in [5, 5.41) is 2.91. The number of thioether (sulfide) groups is 1. The summed E-state index contributed by atoms with van der Waals surface area (Å²) in [4.78, 5) is 14.0. The fourth-order valence-corrected chi connectivity index (χ4v) is 3.82. The Morgan fingerprint density at radius 3 is 2.17 bits per heavy atom. The molecule has 3 rings (SSSR count). The van der Waals surface area contributed by atoms with Gasteiger partial charge < -0.3 is 19.5 Å². The van der Waals surface area contributed by atoms with Crippen LogP contribution in [0.5, 0.6) is 17.2 Å². The van der Waals surface area contributed by atoms with Gasteiger partial charge in [-0.3, -0.25) is 4.79 Å². The van der Waals surface area contributed by atoms with Gasteiger partial charge in [0.1, 0.15) is 5.75 Å². The molecule has 156 valence electrons. The molecule has 0 spiro atoms. The highest BCUT2D eigenvalue weighted by atomic mass is 32.2. The first kappa shape index (κ1) is 21.6. The van der Waals surface area contributed by atoms with E-state index in [0.29, 0.717) is 28.5 Å². The van der Waals surface area contributed by atoms with Crippen LogP contribution < -0.4 is 19.5 Å². The minimum atomic E-state index is -0.202. The Balaban J connectivity index is 1.76. The van der Waals surface area contributed by atoms with Gasteiger partial charge in [0.25, 0.3) is 5.91 Å². The summed E-state index contributed by atoms with van der Waals surface area (Å²) in [6.07, 6.45) is 0. The molecule has 0 saturated carbocycles. The molecule has 0 aromatic heterocycles. The van der Waals surface area contributed by atoms with Crippen LogP contribution >= 0.6 is 11.8 Å². The van der Waals surface area contributed by atoms with Crippen molar-refractivity contribution in [3.05, 3.63) is 77.4 Å². The lowest BCUT2D eigenvalue weighted by Crippen LogP contribution is -2.12. The fraction of sp³-hybridized carbons (Fsp3) is 0.208. The number of carbonyl (C=O) groups is 1. The zero-order valence-corrected chi connectivity index (χ0v) is 18.3. The summed E-state index contributed by atoms with van der Waals surface area (Å²) in [7, 11) is 4.77. The smallest absolute Gasteiger partial charge is 0.255 e. The maximum absolute atomic E-state index is 12.8. The van der Waals surface area contributed by atoms with Crippen LogP contribution in [0.3, 0.4) is 0 Å². The fourth-order valence-electron chi connectivity index (χ4n) is 2.95. The van der Waals surface area contributed by atoms with E-state index in [0.717, 1.165) is 11.3 Å². The molecular formula is C24H25NO4S. The van der Waals surface area contributed by atoms with E-state index in [4.69, 9.17) is 14.2 Å². The number of aryl methyl sites for hydroxylation is 1. The average Bonchev–Trinajstić information content (AvgIpc) is 2.78. The van der Waals surface area contributed by atoms with Crippen molar-refractivity contribution in [1.82, 2.24) is 0 Å². The first-order chi connectivity index (χ1) is 14.5. The Labute approximate surface area is 181 Å². The normalized spacial score (nSPS) is 10.4. The Hall–Kier alpha value is -3.12. The molecule has 3 aromatic rings. The SMILES string of the molecule is COc1ccc(C(=O)Nc2ccc(OC)c(OC)c2)cc1CSc1ccc(C)cc1. The maximum Gasteiger partial charge on any atom is 0.255 e. The van der Waals surface area contributed by atoms with Crippen molar-refractivity contribution < 1.29 is 19.0 Å². The lowest BCUT2D eigenvalue weighted by Gasteiger charge is -2.13. The Morgan fingerprint density at radius 1 is 0.833 bits per heavy atom. The van der Waals surface area contributed by atoms with Gasteiger partial charge in [0, 0.05) is 33.5 Å². The van der Waals surface area contributed by atoms with Gasteiger partial charge in [-0.05, 0) is 49.4 Å². The van der Waals surface area contributed by atoms with Gasteiger partial charge in [0.05, 0.1) is 21.3 Å². The number of carbonyl (C=O) groups excluding carboxylic acids is 1. The van der Waals surface area contributed by atoms with Crippen LogP contribution in [0.25, 0.3) is 0 Å². The van der Waals surface area contributed by atoms with Crippen LogP contribution in [-0.2, 0) is 5.75 Å².